The van der Waals surface area contributed by atoms with Crippen molar-refractivity contribution in [1.82, 2.24) is 9.47 Å². The van der Waals surface area contributed by atoms with Crippen molar-refractivity contribution in [2.75, 3.05) is 13.2 Å². The first-order chi connectivity index (χ1) is 13.7. The zero-order valence-corrected chi connectivity index (χ0v) is 15.9. The topological polar surface area (TPSA) is 68.6 Å². The third-order valence-corrected chi connectivity index (χ3v) is 4.88. The van der Waals surface area contributed by atoms with Crippen molar-refractivity contribution < 1.29 is 32.3 Å². The Hall–Kier alpha value is -3.01. The molecular formula is C19H15F3N2O4S. The minimum atomic E-state index is -4.49. The Bertz CT molecular complexity index is 997. The van der Waals surface area contributed by atoms with Gasteiger partial charge in [0.05, 0.1) is 17.1 Å². The summed E-state index contributed by atoms with van der Waals surface area (Å²) in [5, 5.41) is -0.619. The molecule has 1 aliphatic heterocycles. The second-order valence-corrected chi connectivity index (χ2v) is 6.92. The summed E-state index contributed by atoms with van der Waals surface area (Å²) >= 11 is 0.649. The lowest BCUT2D eigenvalue weighted by Gasteiger charge is -2.12. The second kappa shape index (κ2) is 8.16. The third-order valence-electron chi connectivity index (χ3n) is 3.98. The summed E-state index contributed by atoms with van der Waals surface area (Å²) in [5.41, 5.74) is -0.141. The molecule has 1 aliphatic rings. The molecule has 3 rings (SSSR count). The Labute approximate surface area is 167 Å². The van der Waals surface area contributed by atoms with Gasteiger partial charge in [0.15, 0.2) is 0 Å². The van der Waals surface area contributed by atoms with E-state index in [0.717, 1.165) is 17.0 Å². The van der Waals surface area contributed by atoms with E-state index in [4.69, 9.17) is 4.74 Å². The van der Waals surface area contributed by atoms with Gasteiger partial charge < -0.3 is 9.30 Å². The summed E-state index contributed by atoms with van der Waals surface area (Å²) in [6.45, 7) is 1.23. The van der Waals surface area contributed by atoms with Crippen molar-refractivity contribution in [2.24, 2.45) is 0 Å². The average molecular weight is 424 g/mol. The fourth-order valence-corrected chi connectivity index (χ4v) is 3.51. The Kier molecular flexibility index (Phi) is 5.83. The zero-order valence-electron chi connectivity index (χ0n) is 15.1. The van der Waals surface area contributed by atoms with Crippen molar-refractivity contribution in [1.29, 1.82) is 0 Å². The van der Waals surface area contributed by atoms with Crippen LogP contribution in [0, 0.1) is 0 Å². The smallest absolute Gasteiger partial charge is 0.416 e. The van der Waals surface area contributed by atoms with E-state index >= 15 is 0 Å². The van der Waals surface area contributed by atoms with Crippen LogP contribution in [0.3, 0.4) is 0 Å². The van der Waals surface area contributed by atoms with Gasteiger partial charge in [-0.25, -0.2) is 0 Å². The van der Waals surface area contributed by atoms with Crippen LogP contribution in [0.25, 0.3) is 11.8 Å². The molecular weight excluding hydrogens is 409 g/mol. The monoisotopic (exact) mass is 424 g/mol. The van der Waals surface area contributed by atoms with Crippen LogP contribution < -0.4 is 0 Å². The largest absolute Gasteiger partial charge is 0.465 e. The SMILES string of the molecule is CCOC(=O)CN1C(=O)S/C(=C\c2cccn2-c2cccc(C(F)(F)F)c2)C1=O. The standard InChI is InChI=1S/C19H15F3N2O4S/c1-2-28-16(25)11-24-17(26)15(29-18(24)27)10-14-7-4-8-23(14)13-6-3-5-12(9-13)19(20,21)22/h3-10H,2,11H2,1H3/b15-10-. The molecule has 0 bridgehead atoms. The van der Waals surface area contributed by atoms with E-state index in [1.807, 2.05) is 0 Å². The summed E-state index contributed by atoms with van der Waals surface area (Å²) in [6, 6.07) is 7.94. The summed E-state index contributed by atoms with van der Waals surface area (Å²) < 4.78 is 45.2. The molecule has 0 aliphatic carbocycles. The molecule has 10 heteroatoms. The van der Waals surface area contributed by atoms with Crippen LogP contribution in [-0.2, 0) is 20.5 Å². The number of ether oxygens (including phenoxy) is 1. The van der Waals surface area contributed by atoms with Crippen molar-refractivity contribution in [3.05, 3.63) is 58.8 Å². The fraction of sp³-hybridized carbons (Fsp3) is 0.211. The van der Waals surface area contributed by atoms with Gasteiger partial charge in [-0.15, -0.1) is 0 Å². The zero-order chi connectivity index (χ0) is 21.2. The van der Waals surface area contributed by atoms with E-state index < -0.39 is 35.4 Å². The lowest BCUT2D eigenvalue weighted by Crippen LogP contribution is -2.34. The van der Waals surface area contributed by atoms with Crippen LogP contribution in [0.1, 0.15) is 18.2 Å². The highest BCUT2D eigenvalue weighted by Crippen LogP contribution is 2.33. The van der Waals surface area contributed by atoms with Crippen molar-refractivity contribution in [3.63, 3.8) is 0 Å². The van der Waals surface area contributed by atoms with Crippen LogP contribution in [0.2, 0.25) is 0 Å². The quantitative estimate of drug-likeness (QED) is 0.534. The van der Waals surface area contributed by atoms with E-state index in [1.54, 1.807) is 25.3 Å². The Morgan fingerprint density at radius 1 is 1.21 bits per heavy atom. The van der Waals surface area contributed by atoms with Gasteiger partial charge in [0, 0.05) is 17.6 Å². The van der Waals surface area contributed by atoms with Crippen LogP contribution in [-0.4, -0.2) is 39.7 Å². The predicted molar refractivity (Wildman–Crippen MR) is 100 cm³/mol. The first-order valence-electron chi connectivity index (χ1n) is 8.46. The van der Waals surface area contributed by atoms with Gasteiger partial charge in [-0.1, -0.05) is 6.07 Å². The molecule has 1 aromatic heterocycles. The maximum atomic E-state index is 13.0. The minimum Gasteiger partial charge on any atom is -0.465 e. The number of rotatable bonds is 5. The number of esters is 1. The molecule has 0 spiro atoms. The van der Waals surface area contributed by atoms with E-state index in [0.29, 0.717) is 17.5 Å². The molecule has 2 heterocycles. The summed E-state index contributed by atoms with van der Waals surface area (Å²) in [4.78, 5) is 36.9. The van der Waals surface area contributed by atoms with Gasteiger partial charge in [0.1, 0.15) is 6.54 Å². The first kappa shape index (κ1) is 20.7. The Balaban J connectivity index is 1.88. The number of carbonyl (C=O) groups is 3. The number of hydrogen-bond donors (Lipinski definition) is 0. The summed E-state index contributed by atoms with van der Waals surface area (Å²) in [6.07, 6.45) is -1.54. The minimum absolute atomic E-state index is 0.0613. The fourth-order valence-electron chi connectivity index (χ4n) is 2.69. The highest BCUT2D eigenvalue weighted by Gasteiger charge is 2.37. The summed E-state index contributed by atoms with van der Waals surface area (Å²) in [5.74, 6) is -1.37. The molecule has 0 radical (unpaired) electrons. The number of amides is 2. The van der Waals surface area contributed by atoms with Crippen LogP contribution >= 0.6 is 11.8 Å². The van der Waals surface area contributed by atoms with E-state index in [2.05, 4.69) is 0 Å². The molecule has 1 aromatic carbocycles. The van der Waals surface area contributed by atoms with Crippen LogP contribution in [0.4, 0.5) is 18.0 Å². The second-order valence-electron chi connectivity index (χ2n) is 5.92. The number of aromatic nitrogens is 1. The molecule has 6 nitrogen and oxygen atoms in total. The van der Waals surface area contributed by atoms with Gasteiger partial charge in [-0.3, -0.25) is 19.3 Å². The van der Waals surface area contributed by atoms with Gasteiger partial charge in [0.2, 0.25) is 0 Å². The van der Waals surface area contributed by atoms with E-state index in [9.17, 15) is 27.6 Å². The number of halogens is 3. The Morgan fingerprint density at radius 3 is 2.66 bits per heavy atom. The van der Waals surface area contributed by atoms with Crippen LogP contribution in [0.15, 0.2) is 47.5 Å². The lowest BCUT2D eigenvalue weighted by molar-refractivity contribution is -0.146. The van der Waals surface area contributed by atoms with E-state index in [-0.39, 0.29) is 17.2 Å². The Morgan fingerprint density at radius 2 is 1.97 bits per heavy atom. The molecule has 1 fully saturated rings. The number of thioether (sulfide) groups is 1. The molecule has 0 unspecified atom stereocenters. The van der Waals surface area contributed by atoms with Crippen LogP contribution in [0.5, 0.6) is 0 Å². The average Bonchev–Trinajstić information content (AvgIpc) is 3.22. The van der Waals surface area contributed by atoms with E-state index in [1.165, 1.54) is 22.8 Å². The number of carbonyl (C=O) groups excluding carboxylic acids is 3. The van der Waals surface area contributed by atoms with Crippen molar-refractivity contribution >= 4 is 35.0 Å². The number of hydrogen-bond acceptors (Lipinski definition) is 5. The summed E-state index contributed by atoms with van der Waals surface area (Å²) in [7, 11) is 0. The molecule has 29 heavy (non-hydrogen) atoms. The molecule has 0 saturated carbocycles. The maximum absolute atomic E-state index is 13.0. The number of imide groups is 1. The highest BCUT2D eigenvalue weighted by molar-refractivity contribution is 8.18. The first-order valence-corrected chi connectivity index (χ1v) is 9.28. The van der Waals surface area contributed by atoms with Crippen molar-refractivity contribution in [3.8, 4) is 5.69 Å². The molecule has 0 atom stereocenters. The molecule has 1 saturated heterocycles. The molecule has 2 amide bonds. The predicted octanol–water partition coefficient (Wildman–Crippen LogP) is 4.10. The highest BCUT2D eigenvalue weighted by atomic mass is 32.2. The normalized spacial score (nSPS) is 16.0. The number of benzene rings is 1. The van der Waals surface area contributed by atoms with Gasteiger partial charge in [-0.2, -0.15) is 13.2 Å². The van der Waals surface area contributed by atoms with Gasteiger partial charge in [-0.05, 0) is 55.1 Å². The van der Waals surface area contributed by atoms with Crippen molar-refractivity contribution in [2.45, 2.75) is 13.1 Å². The van der Waals surface area contributed by atoms with Gasteiger partial charge in [0.25, 0.3) is 11.1 Å². The number of alkyl halides is 3. The third kappa shape index (κ3) is 4.53. The lowest BCUT2D eigenvalue weighted by atomic mass is 10.2. The van der Waals surface area contributed by atoms with Gasteiger partial charge >= 0.3 is 12.1 Å². The maximum Gasteiger partial charge on any atom is 0.416 e. The number of nitrogens with zero attached hydrogens (tertiary/aromatic N) is 2. The molecule has 0 N–H and O–H groups in total. The molecule has 152 valence electrons. The molecule has 2 aromatic rings.